The van der Waals surface area contributed by atoms with Gasteiger partial charge in [-0.2, -0.15) is 0 Å². The molecular weight excluding hydrogens is 454 g/mol. The molecule has 3 fully saturated rings. The Morgan fingerprint density at radius 3 is 2.39 bits per heavy atom. The number of benzene rings is 2. The second-order valence-electron chi connectivity index (χ2n) is 10.5. The fourth-order valence-electron chi connectivity index (χ4n) is 5.87. The summed E-state index contributed by atoms with van der Waals surface area (Å²) in [5.41, 5.74) is 2.54. The number of fused-ring (bicyclic) bond motifs is 1. The van der Waals surface area contributed by atoms with Crippen molar-refractivity contribution in [2.45, 2.75) is 69.2 Å². The molecule has 0 bridgehead atoms. The molecular formula is C29H39N3O4. The first-order valence-electron chi connectivity index (χ1n) is 13.4. The van der Waals surface area contributed by atoms with E-state index in [4.69, 9.17) is 9.47 Å². The number of carbonyl (C=O) groups excluding carboxylic acids is 1. The van der Waals surface area contributed by atoms with Crippen molar-refractivity contribution in [2.75, 3.05) is 32.8 Å². The van der Waals surface area contributed by atoms with Crippen LogP contribution in [0.5, 0.6) is 0 Å². The lowest BCUT2D eigenvalue weighted by atomic mass is 9.94. The van der Waals surface area contributed by atoms with Crippen LogP contribution in [-0.4, -0.2) is 84.1 Å². The van der Waals surface area contributed by atoms with E-state index in [-0.39, 0.29) is 30.2 Å². The van der Waals surface area contributed by atoms with E-state index < -0.39 is 6.10 Å². The fourth-order valence-corrected chi connectivity index (χ4v) is 5.87. The average Bonchev–Trinajstić information content (AvgIpc) is 3.30. The van der Waals surface area contributed by atoms with Crippen molar-refractivity contribution in [1.29, 1.82) is 0 Å². The summed E-state index contributed by atoms with van der Waals surface area (Å²) in [6, 6.07) is 21.2. The van der Waals surface area contributed by atoms with Gasteiger partial charge in [-0.15, -0.1) is 0 Å². The van der Waals surface area contributed by atoms with Crippen LogP contribution in [0.3, 0.4) is 0 Å². The molecule has 2 aromatic carbocycles. The van der Waals surface area contributed by atoms with Crippen LogP contribution in [0.1, 0.15) is 36.8 Å². The minimum absolute atomic E-state index is 0.0772. The molecule has 36 heavy (non-hydrogen) atoms. The number of carbonyl (C=O) groups is 1. The zero-order chi connectivity index (χ0) is 24.7. The Morgan fingerprint density at radius 2 is 1.64 bits per heavy atom. The third-order valence-electron chi connectivity index (χ3n) is 7.62. The van der Waals surface area contributed by atoms with Crippen LogP contribution in [-0.2, 0) is 27.4 Å². The molecule has 5 rings (SSSR count). The van der Waals surface area contributed by atoms with Crippen LogP contribution >= 0.6 is 0 Å². The molecule has 2 N–H and O–H groups in total. The van der Waals surface area contributed by atoms with E-state index in [1.54, 1.807) is 0 Å². The van der Waals surface area contributed by atoms with Crippen molar-refractivity contribution >= 4 is 5.91 Å². The molecule has 0 saturated carbocycles. The van der Waals surface area contributed by atoms with E-state index >= 15 is 0 Å². The summed E-state index contributed by atoms with van der Waals surface area (Å²) in [7, 11) is 0. The maximum absolute atomic E-state index is 12.9. The van der Waals surface area contributed by atoms with Crippen molar-refractivity contribution in [3.63, 3.8) is 0 Å². The van der Waals surface area contributed by atoms with Gasteiger partial charge in [0.2, 0.25) is 5.91 Å². The predicted octanol–water partition coefficient (Wildman–Crippen LogP) is 2.58. The second kappa shape index (κ2) is 12.3. The quantitative estimate of drug-likeness (QED) is 0.618. The van der Waals surface area contributed by atoms with Gasteiger partial charge in [0.25, 0.3) is 0 Å². The number of aliphatic hydroxyl groups excluding tert-OH is 1. The number of rotatable bonds is 7. The van der Waals surface area contributed by atoms with E-state index in [9.17, 15) is 9.90 Å². The molecule has 3 aliphatic heterocycles. The number of amides is 1. The van der Waals surface area contributed by atoms with Crippen LogP contribution in [0.25, 0.3) is 0 Å². The van der Waals surface area contributed by atoms with Crippen molar-refractivity contribution in [3.8, 4) is 0 Å². The van der Waals surface area contributed by atoms with E-state index in [1.165, 1.54) is 11.1 Å². The summed E-state index contributed by atoms with van der Waals surface area (Å²) >= 11 is 0. The van der Waals surface area contributed by atoms with E-state index in [0.717, 1.165) is 45.4 Å². The van der Waals surface area contributed by atoms with Crippen LogP contribution in [0.4, 0.5) is 0 Å². The Kier molecular flexibility index (Phi) is 8.67. The average molecular weight is 494 g/mol. The number of likely N-dealkylation sites (tertiary alicyclic amines) is 1. The normalized spacial score (nSPS) is 29.8. The number of aliphatic hydroxyl groups is 1. The van der Waals surface area contributed by atoms with E-state index in [2.05, 4.69) is 51.5 Å². The lowest BCUT2D eigenvalue weighted by Crippen LogP contribution is -2.55. The molecule has 0 aromatic heterocycles. The molecule has 0 aliphatic carbocycles. The maximum Gasteiger partial charge on any atom is 0.222 e. The summed E-state index contributed by atoms with van der Waals surface area (Å²) in [5.74, 6) is 0.0772. The number of hydrogen-bond donors (Lipinski definition) is 2. The Balaban J connectivity index is 1.11. The van der Waals surface area contributed by atoms with Crippen LogP contribution in [0.15, 0.2) is 60.7 Å². The molecule has 3 saturated heterocycles. The Morgan fingerprint density at radius 1 is 0.917 bits per heavy atom. The van der Waals surface area contributed by atoms with Gasteiger partial charge in [-0.1, -0.05) is 60.7 Å². The van der Waals surface area contributed by atoms with Crippen LogP contribution < -0.4 is 5.32 Å². The molecule has 0 radical (unpaired) electrons. The van der Waals surface area contributed by atoms with Gasteiger partial charge in [0.05, 0.1) is 37.9 Å². The molecule has 1 amide bonds. The van der Waals surface area contributed by atoms with Gasteiger partial charge < -0.3 is 19.9 Å². The lowest BCUT2D eigenvalue weighted by molar-refractivity contribution is -0.158. The summed E-state index contributed by atoms with van der Waals surface area (Å²) in [6.07, 6.45) is 2.44. The first-order chi connectivity index (χ1) is 17.6. The fraction of sp³-hybridized carbons (Fsp3) is 0.552. The zero-order valence-electron chi connectivity index (χ0n) is 21.0. The van der Waals surface area contributed by atoms with Gasteiger partial charge in [0.15, 0.2) is 0 Å². The third-order valence-corrected chi connectivity index (χ3v) is 7.62. The monoisotopic (exact) mass is 493 g/mol. The second-order valence-corrected chi connectivity index (χ2v) is 10.5. The standard InChI is InChI=1S/C29H39N3O4/c33-25-19-32(17-23-9-5-2-6-10-23)27-12-11-26(36-28(27)21-35-20-25)15-29(34)30-24-13-14-31(18-24)16-22-7-3-1-4-8-22/h1-10,24-28,33H,11-21H2,(H,30,34)/t24-,25-,26-,27+,28-/m1/s1. The minimum Gasteiger partial charge on any atom is -0.389 e. The molecule has 0 spiro atoms. The molecule has 7 nitrogen and oxygen atoms in total. The van der Waals surface area contributed by atoms with Crippen molar-refractivity contribution < 1.29 is 19.4 Å². The van der Waals surface area contributed by atoms with Crippen molar-refractivity contribution in [3.05, 3.63) is 71.8 Å². The molecule has 3 aliphatic rings. The van der Waals surface area contributed by atoms with E-state index in [0.29, 0.717) is 26.2 Å². The van der Waals surface area contributed by atoms with Crippen LogP contribution in [0, 0.1) is 0 Å². The third kappa shape index (κ3) is 6.93. The Bertz CT molecular complexity index is 960. The number of β-amino-alcohol motifs (C(OH)–C–C–N with tert-alkyl or cyclic N) is 1. The predicted molar refractivity (Wildman–Crippen MR) is 138 cm³/mol. The van der Waals surface area contributed by atoms with Crippen molar-refractivity contribution in [2.24, 2.45) is 0 Å². The number of ether oxygens (including phenoxy) is 2. The highest BCUT2D eigenvalue weighted by Gasteiger charge is 2.38. The first kappa shape index (κ1) is 25.4. The summed E-state index contributed by atoms with van der Waals surface area (Å²) in [5, 5.41) is 13.6. The minimum atomic E-state index is -0.508. The number of hydrogen-bond acceptors (Lipinski definition) is 6. The molecule has 194 valence electrons. The number of nitrogens with zero attached hydrogens (tertiary/aromatic N) is 2. The highest BCUT2D eigenvalue weighted by molar-refractivity contribution is 5.76. The number of nitrogens with one attached hydrogen (secondary N) is 1. The first-order valence-corrected chi connectivity index (χ1v) is 13.4. The maximum atomic E-state index is 12.9. The molecule has 5 atom stereocenters. The van der Waals surface area contributed by atoms with Crippen molar-refractivity contribution in [1.82, 2.24) is 15.1 Å². The van der Waals surface area contributed by atoms with Crippen LogP contribution in [0.2, 0.25) is 0 Å². The summed E-state index contributed by atoms with van der Waals surface area (Å²) < 4.78 is 12.2. The molecule has 3 heterocycles. The van der Waals surface area contributed by atoms with Gasteiger partial charge in [0.1, 0.15) is 0 Å². The van der Waals surface area contributed by atoms with Gasteiger partial charge in [-0.05, 0) is 30.4 Å². The summed E-state index contributed by atoms with van der Waals surface area (Å²) in [6.45, 7) is 4.91. The lowest BCUT2D eigenvalue weighted by Gasteiger charge is -2.44. The summed E-state index contributed by atoms with van der Waals surface area (Å²) in [4.78, 5) is 17.6. The zero-order valence-corrected chi connectivity index (χ0v) is 21.0. The Labute approximate surface area is 214 Å². The van der Waals surface area contributed by atoms with Gasteiger partial charge >= 0.3 is 0 Å². The van der Waals surface area contributed by atoms with E-state index in [1.807, 2.05) is 24.3 Å². The van der Waals surface area contributed by atoms with Gasteiger partial charge in [-0.3, -0.25) is 14.6 Å². The highest BCUT2D eigenvalue weighted by Crippen LogP contribution is 2.29. The Hall–Kier alpha value is -2.29. The largest absolute Gasteiger partial charge is 0.389 e. The topological polar surface area (TPSA) is 74.3 Å². The SMILES string of the molecule is O=C(C[C@H]1CC[C@H]2[C@@H](COC[C@H](O)CN2Cc2ccccc2)O1)N[C@@H]1CCN(Cc2ccccc2)C1. The highest BCUT2D eigenvalue weighted by atomic mass is 16.5. The molecule has 2 aromatic rings. The molecule has 7 heteroatoms. The van der Waals surface area contributed by atoms with Gasteiger partial charge in [-0.25, -0.2) is 0 Å². The van der Waals surface area contributed by atoms with Gasteiger partial charge in [0, 0.05) is 44.8 Å². The smallest absolute Gasteiger partial charge is 0.222 e. The molecule has 0 unspecified atom stereocenters.